The van der Waals surface area contributed by atoms with Crippen molar-refractivity contribution in [2.45, 2.75) is 24.6 Å². The van der Waals surface area contributed by atoms with E-state index in [4.69, 9.17) is 0 Å². The Morgan fingerprint density at radius 1 is 1.21 bits per heavy atom. The highest BCUT2D eigenvalue weighted by Gasteiger charge is 2.44. The average Bonchev–Trinajstić information content (AvgIpc) is 3.15. The van der Waals surface area contributed by atoms with E-state index in [9.17, 15) is 18.0 Å². The summed E-state index contributed by atoms with van der Waals surface area (Å²) in [4.78, 5) is 11.3. The average molecular weight is 272 g/mol. The Balaban J connectivity index is 1.81. The molecule has 0 atom stereocenters. The van der Waals surface area contributed by atoms with Crippen LogP contribution in [0, 0.1) is 0 Å². The molecule has 0 saturated heterocycles. The Kier molecular flexibility index (Phi) is 3.80. The first-order valence-corrected chi connectivity index (χ1v) is 6.05. The second-order valence-corrected chi connectivity index (χ2v) is 4.69. The van der Waals surface area contributed by atoms with Crippen LogP contribution in [0.1, 0.15) is 18.4 Å². The molecule has 1 aromatic rings. The van der Waals surface area contributed by atoms with E-state index in [0.717, 1.165) is 18.4 Å². The lowest BCUT2D eigenvalue weighted by Gasteiger charge is -2.17. The van der Waals surface area contributed by atoms with Crippen molar-refractivity contribution in [1.82, 2.24) is 10.6 Å². The maximum atomic E-state index is 11.9. The van der Waals surface area contributed by atoms with Gasteiger partial charge < -0.3 is 5.32 Å². The van der Waals surface area contributed by atoms with Gasteiger partial charge in [0.15, 0.2) is 0 Å². The molecule has 0 heterocycles. The number of hydrogen-bond acceptors (Lipinski definition) is 2. The lowest BCUT2D eigenvalue weighted by molar-refractivity contribution is -0.138. The van der Waals surface area contributed by atoms with E-state index >= 15 is 0 Å². The van der Waals surface area contributed by atoms with E-state index in [1.165, 1.54) is 0 Å². The van der Waals surface area contributed by atoms with E-state index in [1.807, 2.05) is 35.6 Å². The van der Waals surface area contributed by atoms with Crippen LogP contribution in [-0.4, -0.2) is 25.2 Å². The summed E-state index contributed by atoms with van der Waals surface area (Å²) in [7, 11) is 0. The van der Waals surface area contributed by atoms with Crippen molar-refractivity contribution >= 4 is 5.91 Å². The SMILES string of the molecule is O=C(CNC1(c2ccccc2)CC1)NCC(F)(F)F. The van der Waals surface area contributed by atoms with Crippen molar-refractivity contribution in [3.63, 3.8) is 0 Å². The maximum Gasteiger partial charge on any atom is 0.405 e. The third-order valence-corrected chi connectivity index (χ3v) is 3.15. The van der Waals surface area contributed by atoms with Gasteiger partial charge in [-0.3, -0.25) is 10.1 Å². The standard InChI is InChI=1S/C13H15F3N2O/c14-13(15,16)9-17-11(19)8-18-12(6-7-12)10-4-2-1-3-5-10/h1-5,18H,6-9H2,(H,17,19). The summed E-state index contributed by atoms with van der Waals surface area (Å²) in [5.41, 5.74) is 0.829. The topological polar surface area (TPSA) is 41.1 Å². The lowest BCUT2D eigenvalue weighted by atomic mass is 10.1. The highest BCUT2D eigenvalue weighted by atomic mass is 19.4. The lowest BCUT2D eigenvalue weighted by Crippen LogP contribution is -2.42. The fourth-order valence-corrected chi connectivity index (χ4v) is 1.96. The van der Waals surface area contributed by atoms with Crippen molar-refractivity contribution in [2.75, 3.05) is 13.1 Å². The van der Waals surface area contributed by atoms with Crippen LogP contribution in [0.5, 0.6) is 0 Å². The first-order valence-electron chi connectivity index (χ1n) is 6.05. The predicted molar refractivity (Wildman–Crippen MR) is 64.4 cm³/mol. The van der Waals surface area contributed by atoms with Crippen LogP contribution in [0.25, 0.3) is 0 Å². The highest BCUT2D eigenvalue weighted by molar-refractivity contribution is 5.78. The van der Waals surface area contributed by atoms with Gasteiger partial charge in [0.1, 0.15) is 6.54 Å². The minimum Gasteiger partial charge on any atom is -0.346 e. The summed E-state index contributed by atoms with van der Waals surface area (Å²) in [6.45, 7) is -1.39. The molecule has 2 rings (SSSR count). The molecule has 1 amide bonds. The second kappa shape index (κ2) is 5.21. The fourth-order valence-electron chi connectivity index (χ4n) is 1.96. The number of nitrogens with one attached hydrogen (secondary N) is 2. The number of carbonyl (C=O) groups excluding carboxylic acids is 1. The molecule has 0 spiro atoms. The molecule has 104 valence electrons. The quantitative estimate of drug-likeness (QED) is 0.860. The zero-order valence-electron chi connectivity index (χ0n) is 10.3. The predicted octanol–water partition coefficient (Wildman–Crippen LogP) is 1.94. The number of alkyl halides is 3. The number of hydrogen-bond donors (Lipinski definition) is 2. The Bertz CT molecular complexity index is 441. The van der Waals surface area contributed by atoms with Crippen molar-refractivity contribution in [3.05, 3.63) is 35.9 Å². The van der Waals surface area contributed by atoms with Gasteiger partial charge in [-0.15, -0.1) is 0 Å². The van der Waals surface area contributed by atoms with Crippen LogP contribution in [-0.2, 0) is 10.3 Å². The summed E-state index contributed by atoms with van der Waals surface area (Å²) in [6.07, 6.45) is -2.58. The summed E-state index contributed by atoms with van der Waals surface area (Å²) in [6, 6.07) is 9.61. The summed E-state index contributed by atoms with van der Waals surface area (Å²) in [5.74, 6) is -0.639. The van der Waals surface area contributed by atoms with Crippen LogP contribution in [0.2, 0.25) is 0 Å². The molecule has 0 aliphatic heterocycles. The van der Waals surface area contributed by atoms with Gasteiger partial charge >= 0.3 is 6.18 Å². The maximum absolute atomic E-state index is 11.9. The third kappa shape index (κ3) is 3.96. The molecule has 0 aromatic heterocycles. The first-order chi connectivity index (χ1) is 8.91. The van der Waals surface area contributed by atoms with E-state index in [0.29, 0.717) is 0 Å². The van der Waals surface area contributed by atoms with Gasteiger partial charge in [0.25, 0.3) is 0 Å². The Morgan fingerprint density at radius 2 is 1.84 bits per heavy atom. The molecule has 1 aromatic carbocycles. The first kappa shape index (κ1) is 13.9. The number of benzene rings is 1. The Hall–Kier alpha value is -1.56. The monoisotopic (exact) mass is 272 g/mol. The summed E-state index contributed by atoms with van der Waals surface area (Å²) < 4.78 is 35.8. The Labute approximate surface area is 109 Å². The van der Waals surface area contributed by atoms with Crippen molar-refractivity contribution in [2.24, 2.45) is 0 Å². The number of halogens is 3. The summed E-state index contributed by atoms with van der Waals surface area (Å²) >= 11 is 0. The van der Waals surface area contributed by atoms with Crippen molar-refractivity contribution in [1.29, 1.82) is 0 Å². The van der Waals surface area contributed by atoms with Gasteiger partial charge in [-0.05, 0) is 18.4 Å². The molecule has 1 saturated carbocycles. The largest absolute Gasteiger partial charge is 0.405 e. The highest BCUT2D eigenvalue weighted by Crippen LogP contribution is 2.45. The molecule has 0 radical (unpaired) electrons. The van der Waals surface area contributed by atoms with Crippen LogP contribution in [0.3, 0.4) is 0 Å². The molecular weight excluding hydrogens is 257 g/mol. The van der Waals surface area contributed by atoms with Gasteiger partial charge in [-0.1, -0.05) is 30.3 Å². The van der Waals surface area contributed by atoms with Gasteiger partial charge in [0.05, 0.1) is 6.54 Å². The smallest absolute Gasteiger partial charge is 0.346 e. The molecule has 1 fully saturated rings. The zero-order valence-corrected chi connectivity index (χ0v) is 10.3. The Morgan fingerprint density at radius 3 is 2.37 bits per heavy atom. The van der Waals surface area contributed by atoms with E-state index < -0.39 is 18.6 Å². The van der Waals surface area contributed by atoms with Crippen LogP contribution >= 0.6 is 0 Å². The van der Waals surface area contributed by atoms with E-state index in [2.05, 4.69) is 5.32 Å². The van der Waals surface area contributed by atoms with Crippen LogP contribution in [0.15, 0.2) is 30.3 Å². The molecule has 0 bridgehead atoms. The van der Waals surface area contributed by atoms with Crippen LogP contribution in [0.4, 0.5) is 13.2 Å². The molecule has 3 nitrogen and oxygen atoms in total. The zero-order chi connectivity index (χ0) is 13.9. The van der Waals surface area contributed by atoms with Crippen molar-refractivity contribution < 1.29 is 18.0 Å². The molecular formula is C13H15F3N2O. The third-order valence-electron chi connectivity index (χ3n) is 3.15. The van der Waals surface area contributed by atoms with E-state index in [-0.39, 0.29) is 12.1 Å². The molecule has 1 aliphatic rings. The second-order valence-electron chi connectivity index (χ2n) is 4.69. The van der Waals surface area contributed by atoms with Gasteiger partial charge in [-0.25, -0.2) is 0 Å². The molecule has 19 heavy (non-hydrogen) atoms. The molecule has 6 heteroatoms. The van der Waals surface area contributed by atoms with Crippen molar-refractivity contribution in [3.8, 4) is 0 Å². The molecule has 2 N–H and O–H groups in total. The normalized spacial score (nSPS) is 17.0. The number of amides is 1. The van der Waals surface area contributed by atoms with Gasteiger partial charge in [0, 0.05) is 5.54 Å². The number of carbonyl (C=O) groups is 1. The molecule has 1 aliphatic carbocycles. The minimum atomic E-state index is -4.37. The fraction of sp³-hybridized carbons (Fsp3) is 0.462. The van der Waals surface area contributed by atoms with E-state index in [1.54, 1.807) is 0 Å². The summed E-state index contributed by atoms with van der Waals surface area (Å²) in [5, 5.41) is 4.89. The van der Waals surface area contributed by atoms with Gasteiger partial charge in [0.2, 0.25) is 5.91 Å². The van der Waals surface area contributed by atoms with Crippen LogP contribution < -0.4 is 10.6 Å². The minimum absolute atomic E-state index is 0.106. The number of rotatable bonds is 5. The van der Waals surface area contributed by atoms with Gasteiger partial charge in [-0.2, -0.15) is 13.2 Å². The molecule has 0 unspecified atom stereocenters.